The van der Waals surface area contributed by atoms with Gasteiger partial charge in [0.15, 0.2) is 0 Å². The highest BCUT2D eigenvalue weighted by Crippen LogP contribution is 2.20. The van der Waals surface area contributed by atoms with Gasteiger partial charge in [-0.25, -0.2) is 0 Å². The van der Waals surface area contributed by atoms with Crippen molar-refractivity contribution in [3.63, 3.8) is 0 Å². The normalized spacial score (nSPS) is 12.2. The Morgan fingerprint density at radius 1 is 1.59 bits per heavy atom. The number of phenols is 1. The maximum atomic E-state index is 11.8. The topological polar surface area (TPSA) is 78.8 Å². The molecule has 0 heterocycles. The summed E-state index contributed by atoms with van der Waals surface area (Å²) in [6, 6.07) is 3.57. The summed E-state index contributed by atoms with van der Waals surface area (Å²) in [7, 11) is 1.47. The molecule has 0 aliphatic carbocycles. The molecule has 1 aromatic rings. The first-order valence-corrected chi connectivity index (χ1v) is 5.35. The standard InChI is InChI=1S/C11H14ClNO4/c1-17-6-7(5-14)13-11(16)9-4-8(15)2-3-10(9)12/h2-4,7,14-15H,5-6H2,1H3,(H,13,16). The van der Waals surface area contributed by atoms with E-state index in [2.05, 4.69) is 5.32 Å². The summed E-state index contributed by atoms with van der Waals surface area (Å²) < 4.78 is 4.83. The number of aromatic hydroxyl groups is 1. The zero-order chi connectivity index (χ0) is 12.8. The van der Waals surface area contributed by atoms with Crippen LogP contribution in [0.5, 0.6) is 5.75 Å². The highest BCUT2D eigenvalue weighted by atomic mass is 35.5. The summed E-state index contributed by atoms with van der Waals surface area (Å²) in [4.78, 5) is 11.8. The Morgan fingerprint density at radius 3 is 2.88 bits per heavy atom. The van der Waals surface area contributed by atoms with E-state index in [1.165, 1.54) is 25.3 Å². The second-order valence-electron chi connectivity index (χ2n) is 3.47. The average molecular weight is 260 g/mol. The number of aliphatic hydroxyl groups excluding tert-OH is 1. The lowest BCUT2D eigenvalue weighted by Crippen LogP contribution is -2.40. The number of benzene rings is 1. The van der Waals surface area contributed by atoms with Crippen LogP contribution in [0.25, 0.3) is 0 Å². The molecule has 5 nitrogen and oxygen atoms in total. The molecule has 0 saturated heterocycles. The molecular weight excluding hydrogens is 246 g/mol. The van der Waals surface area contributed by atoms with Crippen molar-refractivity contribution < 1.29 is 19.7 Å². The summed E-state index contributed by atoms with van der Waals surface area (Å²) in [6.45, 7) is -0.0469. The zero-order valence-corrected chi connectivity index (χ0v) is 10.1. The van der Waals surface area contributed by atoms with Gasteiger partial charge in [0.05, 0.1) is 29.8 Å². The minimum atomic E-state index is -0.508. The third kappa shape index (κ3) is 3.89. The summed E-state index contributed by atoms with van der Waals surface area (Å²) in [5.41, 5.74) is 0.154. The average Bonchev–Trinajstić information content (AvgIpc) is 2.31. The molecule has 0 spiro atoms. The van der Waals surface area contributed by atoms with Gasteiger partial charge in [0, 0.05) is 7.11 Å². The molecule has 0 saturated carbocycles. The van der Waals surface area contributed by atoms with Crippen LogP contribution in [-0.2, 0) is 4.74 Å². The van der Waals surface area contributed by atoms with Crippen LogP contribution in [0.15, 0.2) is 18.2 Å². The zero-order valence-electron chi connectivity index (χ0n) is 9.31. The van der Waals surface area contributed by atoms with Crippen molar-refractivity contribution in [1.29, 1.82) is 0 Å². The minimum Gasteiger partial charge on any atom is -0.508 e. The molecule has 1 unspecified atom stereocenters. The van der Waals surface area contributed by atoms with Gasteiger partial charge in [-0.05, 0) is 18.2 Å². The van der Waals surface area contributed by atoms with Gasteiger partial charge in [0.25, 0.3) is 5.91 Å². The van der Waals surface area contributed by atoms with Crippen molar-refractivity contribution in [3.05, 3.63) is 28.8 Å². The number of carbonyl (C=O) groups excluding carboxylic acids is 1. The van der Waals surface area contributed by atoms with Gasteiger partial charge in [0.1, 0.15) is 5.75 Å². The second-order valence-corrected chi connectivity index (χ2v) is 3.88. The van der Waals surface area contributed by atoms with Crippen molar-refractivity contribution in [2.24, 2.45) is 0 Å². The van der Waals surface area contributed by atoms with Crippen LogP contribution in [0, 0.1) is 0 Å². The van der Waals surface area contributed by atoms with Gasteiger partial charge in [-0.15, -0.1) is 0 Å². The number of phenolic OH excluding ortho intramolecular Hbond substituents is 1. The van der Waals surface area contributed by atoms with E-state index < -0.39 is 11.9 Å². The van der Waals surface area contributed by atoms with E-state index in [0.717, 1.165) is 0 Å². The van der Waals surface area contributed by atoms with Crippen molar-refractivity contribution in [1.82, 2.24) is 5.32 Å². The number of hydrogen-bond acceptors (Lipinski definition) is 4. The number of methoxy groups -OCH3 is 1. The van der Waals surface area contributed by atoms with Crippen LogP contribution in [0.1, 0.15) is 10.4 Å². The van der Waals surface area contributed by atoms with E-state index in [-0.39, 0.29) is 29.5 Å². The molecule has 1 aromatic carbocycles. The number of rotatable bonds is 5. The third-order valence-corrected chi connectivity index (χ3v) is 2.45. The predicted octanol–water partition coefficient (Wildman–Crippen LogP) is 0.783. The monoisotopic (exact) mass is 259 g/mol. The SMILES string of the molecule is COCC(CO)NC(=O)c1cc(O)ccc1Cl. The van der Waals surface area contributed by atoms with Gasteiger partial charge in [-0.3, -0.25) is 4.79 Å². The maximum Gasteiger partial charge on any atom is 0.253 e. The van der Waals surface area contributed by atoms with Crippen LogP contribution < -0.4 is 5.32 Å². The summed E-state index contributed by atoms with van der Waals surface area (Å²) in [5, 5.41) is 21.0. The fraction of sp³-hybridized carbons (Fsp3) is 0.364. The Balaban J connectivity index is 2.78. The van der Waals surface area contributed by atoms with Crippen LogP contribution in [-0.4, -0.2) is 42.5 Å². The minimum absolute atomic E-state index is 0.0492. The molecule has 6 heteroatoms. The fourth-order valence-electron chi connectivity index (χ4n) is 1.29. The molecule has 1 amide bonds. The van der Waals surface area contributed by atoms with Crippen LogP contribution >= 0.6 is 11.6 Å². The first-order chi connectivity index (χ1) is 8.08. The number of halogens is 1. The fourth-order valence-corrected chi connectivity index (χ4v) is 1.49. The maximum absolute atomic E-state index is 11.8. The lowest BCUT2D eigenvalue weighted by molar-refractivity contribution is 0.0839. The molecule has 0 fully saturated rings. The van der Waals surface area contributed by atoms with Crippen molar-refractivity contribution in [3.8, 4) is 5.75 Å². The second kappa shape index (κ2) is 6.44. The van der Waals surface area contributed by atoms with Gasteiger partial charge in [-0.2, -0.15) is 0 Å². The van der Waals surface area contributed by atoms with E-state index in [1.807, 2.05) is 0 Å². The Bertz CT molecular complexity index is 397. The van der Waals surface area contributed by atoms with Gasteiger partial charge in [0.2, 0.25) is 0 Å². The molecule has 1 rings (SSSR count). The molecule has 1 atom stereocenters. The first-order valence-electron chi connectivity index (χ1n) is 4.97. The quantitative estimate of drug-likeness (QED) is 0.730. The molecule has 0 radical (unpaired) electrons. The van der Waals surface area contributed by atoms with E-state index in [4.69, 9.17) is 21.4 Å². The van der Waals surface area contributed by atoms with Crippen LogP contribution in [0.2, 0.25) is 5.02 Å². The van der Waals surface area contributed by atoms with E-state index in [0.29, 0.717) is 0 Å². The largest absolute Gasteiger partial charge is 0.508 e. The summed E-state index contributed by atoms with van der Waals surface area (Å²) in [5.74, 6) is -0.520. The Hall–Kier alpha value is -1.30. The summed E-state index contributed by atoms with van der Waals surface area (Å²) >= 11 is 5.83. The number of carbonyl (C=O) groups is 1. The Labute approximate surface area is 104 Å². The molecule has 0 aromatic heterocycles. The molecule has 17 heavy (non-hydrogen) atoms. The molecule has 94 valence electrons. The van der Waals surface area contributed by atoms with Crippen LogP contribution in [0.4, 0.5) is 0 Å². The highest BCUT2D eigenvalue weighted by molar-refractivity contribution is 6.33. The molecule has 3 N–H and O–H groups in total. The number of ether oxygens (including phenoxy) is 1. The molecular formula is C11H14ClNO4. The Kier molecular flexibility index (Phi) is 5.21. The Morgan fingerprint density at radius 2 is 2.29 bits per heavy atom. The molecule has 0 bridgehead atoms. The van der Waals surface area contributed by atoms with Gasteiger partial charge < -0.3 is 20.3 Å². The number of hydrogen-bond donors (Lipinski definition) is 3. The number of aliphatic hydroxyl groups is 1. The lowest BCUT2D eigenvalue weighted by Gasteiger charge is -2.15. The van der Waals surface area contributed by atoms with E-state index >= 15 is 0 Å². The number of amides is 1. The van der Waals surface area contributed by atoms with Crippen molar-refractivity contribution in [2.45, 2.75) is 6.04 Å². The lowest BCUT2D eigenvalue weighted by atomic mass is 10.2. The van der Waals surface area contributed by atoms with Gasteiger partial charge in [-0.1, -0.05) is 11.6 Å². The number of nitrogens with one attached hydrogen (secondary N) is 1. The smallest absolute Gasteiger partial charge is 0.253 e. The third-order valence-electron chi connectivity index (χ3n) is 2.12. The predicted molar refractivity (Wildman–Crippen MR) is 63.3 cm³/mol. The first kappa shape index (κ1) is 13.8. The van der Waals surface area contributed by atoms with Crippen molar-refractivity contribution >= 4 is 17.5 Å². The van der Waals surface area contributed by atoms with E-state index in [1.54, 1.807) is 0 Å². The highest BCUT2D eigenvalue weighted by Gasteiger charge is 2.15. The molecule has 0 aliphatic heterocycles. The van der Waals surface area contributed by atoms with E-state index in [9.17, 15) is 9.90 Å². The van der Waals surface area contributed by atoms with Gasteiger partial charge >= 0.3 is 0 Å². The summed E-state index contributed by atoms with van der Waals surface area (Å²) in [6.07, 6.45) is 0. The molecule has 0 aliphatic rings. The van der Waals surface area contributed by atoms with Crippen LogP contribution in [0.3, 0.4) is 0 Å². The van der Waals surface area contributed by atoms with Crippen molar-refractivity contribution in [2.75, 3.05) is 20.3 Å².